The Bertz CT molecular complexity index is 3860. The zero-order chi connectivity index (χ0) is 43.6. The standard InChI is InChI=1S/C60H39N3O3/c1-5-18-40(19-6-1)61(46-37-53(59-50-27-14-16-31-55(50)65-58(59)39-46)62(41-20-7-2-8-21-41)42-22-9-3-10-23-42)45-32-34-48-51-36-44(33-35-56(51)64-57(48)38-45)63(43-24-11-4-12-25-43)52-29-17-28-49-47-26-13-15-30-54(47)66-60(49)52/h1-39H. The lowest BCUT2D eigenvalue weighted by atomic mass is 10.1. The molecule has 0 bridgehead atoms. The second-order valence-electron chi connectivity index (χ2n) is 16.5. The fourth-order valence-electron chi connectivity index (χ4n) is 9.67. The van der Waals surface area contributed by atoms with Crippen LogP contribution in [0.15, 0.2) is 250 Å². The van der Waals surface area contributed by atoms with Crippen LogP contribution >= 0.6 is 0 Å². The van der Waals surface area contributed by atoms with Gasteiger partial charge >= 0.3 is 0 Å². The largest absolute Gasteiger partial charge is 0.456 e. The summed E-state index contributed by atoms with van der Waals surface area (Å²) in [6.07, 6.45) is 0. The first-order valence-corrected chi connectivity index (χ1v) is 22.2. The number of anilines is 9. The van der Waals surface area contributed by atoms with Gasteiger partial charge in [0, 0.05) is 73.2 Å². The first kappa shape index (κ1) is 37.5. The maximum atomic E-state index is 6.77. The van der Waals surface area contributed by atoms with Gasteiger partial charge < -0.3 is 28.0 Å². The summed E-state index contributed by atoms with van der Waals surface area (Å²) < 4.78 is 20.1. The Kier molecular flexibility index (Phi) is 8.74. The minimum Gasteiger partial charge on any atom is -0.456 e. The molecule has 3 aromatic heterocycles. The highest BCUT2D eigenvalue weighted by molar-refractivity contribution is 6.16. The minimum atomic E-state index is 0.784. The van der Waals surface area contributed by atoms with Gasteiger partial charge in [0.1, 0.15) is 27.9 Å². The van der Waals surface area contributed by atoms with Crippen LogP contribution in [0.25, 0.3) is 65.8 Å². The van der Waals surface area contributed by atoms with Crippen LogP contribution in [0.1, 0.15) is 0 Å². The molecular weight excluding hydrogens is 811 g/mol. The van der Waals surface area contributed by atoms with E-state index in [1.165, 1.54) is 0 Å². The summed E-state index contributed by atoms with van der Waals surface area (Å²) in [4.78, 5) is 6.88. The third kappa shape index (κ3) is 6.19. The van der Waals surface area contributed by atoms with Gasteiger partial charge in [-0.25, -0.2) is 0 Å². The number of nitrogens with zero attached hydrogens (tertiary/aromatic N) is 3. The number of hydrogen-bond acceptors (Lipinski definition) is 6. The Labute approximate surface area is 380 Å². The van der Waals surface area contributed by atoms with Crippen molar-refractivity contribution in [2.75, 3.05) is 14.7 Å². The topological polar surface area (TPSA) is 49.1 Å². The van der Waals surface area contributed by atoms with Crippen LogP contribution in [0.3, 0.4) is 0 Å². The highest BCUT2D eigenvalue weighted by atomic mass is 16.3. The molecule has 3 heterocycles. The van der Waals surface area contributed by atoms with Crippen molar-refractivity contribution in [3.63, 3.8) is 0 Å². The summed E-state index contributed by atoms with van der Waals surface area (Å²) >= 11 is 0. The Balaban J connectivity index is 0.987. The third-order valence-electron chi connectivity index (χ3n) is 12.6. The highest BCUT2D eigenvalue weighted by Crippen LogP contribution is 2.49. The molecule has 312 valence electrons. The Morgan fingerprint density at radius 2 is 0.697 bits per heavy atom. The van der Waals surface area contributed by atoms with Crippen molar-refractivity contribution < 1.29 is 13.3 Å². The number of benzene rings is 10. The van der Waals surface area contributed by atoms with Crippen molar-refractivity contribution in [1.29, 1.82) is 0 Å². The average molecular weight is 850 g/mol. The van der Waals surface area contributed by atoms with E-state index >= 15 is 0 Å². The van der Waals surface area contributed by atoms with Gasteiger partial charge in [0.2, 0.25) is 0 Å². The smallest absolute Gasteiger partial charge is 0.159 e. The lowest BCUT2D eigenvalue weighted by Gasteiger charge is -2.30. The molecule has 0 saturated carbocycles. The number of hydrogen-bond donors (Lipinski definition) is 0. The van der Waals surface area contributed by atoms with E-state index in [4.69, 9.17) is 13.3 Å². The molecule has 0 unspecified atom stereocenters. The van der Waals surface area contributed by atoms with Crippen LogP contribution in [0, 0.1) is 0 Å². The molecular formula is C60H39N3O3. The van der Waals surface area contributed by atoms with Crippen molar-refractivity contribution in [2.24, 2.45) is 0 Å². The molecule has 0 spiro atoms. The summed E-state index contributed by atoms with van der Waals surface area (Å²) in [7, 11) is 0. The van der Waals surface area contributed by atoms with Gasteiger partial charge in [0.05, 0.1) is 22.4 Å². The zero-order valence-corrected chi connectivity index (χ0v) is 35.6. The van der Waals surface area contributed by atoms with Crippen LogP contribution < -0.4 is 14.7 Å². The van der Waals surface area contributed by atoms with E-state index in [0.29, 0.717) is 0 Å². The summed E-state index contributed by atoms with van der Waals surface area (Å²) in [6.45, 7) is 0. The monoisotopic (exact) mass is 849 g/mol. The maximum Gasteiger partial charge on any atom is 0.159 e. The second-order valence-corrected chi connectivity index (χ2v) is 16.5. The highest BCUT2D eigenvalue weighted by Gasteiger charge is 2.25. The molecule has 0 aliphatic carbocycles. The molecule has 0 fully saturated rings. The fraction of sp³-hybridized carbons (Fsp3) is 0. The maximum absolute atomic E-state index is 6.77. The number of para-hydroxylation sites is 7. The van der Waals surface area contributed by atoms with E-state index in [0.717, 1.165) is 117 Å². The summed E-state index contributed by atoms with van der Waals surface area (Å²) in [6, 6.07) is 82.3. The zero-order valence-electron chi connectivity index (χ0n) is 35.6. The number of fused-ring (bicyclic) bond motifs is 9. The van der Waals surface area contributed by atoms with E-state index in [-0.39, 0.29) is 0 Å². The molecule has 0 radical (unpaired) electrons. The van der Waals surface area contributed by atoms with Gasteiger partial charge in [-0.2, -0.15) is 0 Å². The summed E-state index contributed by atoms with van der Waals surface area (Å²) in [5, 5.41) is 6.31. The van der Waals surface area contributed by atoms with E-state index in [1.54, 1.807) is 0 Å². The second kappa shape index (κ2) is 15.4. The molecule has 0 aliphatic heterocycles. The quantitative estimate of drug-likeness (QED) is 0.144. The van der Waals surface area contributed by atoms with E-state index in [2.05, 4.69) is 221 Å². The van der Waals surface area contributed by atoms with Gasteiger partial charge in [-0.1, -0.05) is 121 Å². The summed E-state index contributed by atoms with van der Waals surface area (Å²) in [5.74, 6) is 0. The molecule has 66 heavy (non-hydrogen) atoms. The van der Waals surface area contributed by atoms with E-state index in [9.17, 15) is 0 Å². The van der Waals surface area contributed by atoms with Gasteiger partial charge in [0.15, 0.2) is 5.58 Å². The van der Waals surface area contributed by atoms with Crippen molar-refractivity contribution in [2.45, 2.75) is 0 Å². The first-order valence-electron chi connectivity index (χ1n) is 22.2. The van der Waals surface area contributed by atoms with Gasteiger partial charge in [0.25, 0.3) is 0 Å². The first-order chi connectivity index (χ1) is 32.7. The lowest BCUT2D eigenvalue weighted by Crippen LogP contribution is -2.13. The molecule has 0 aliphatic rings. The Hall–Kier alpha value is -9.00. The lowest BCUT2D eigenvalue weighted by molar-refractivity contribution is 0.668. The SMILES string of the molecule is c1ccc(N(c2ccc3c(c2)oc2ccc(N(c4ccccc4)c4cccc5c4oc4ccccc45)cc23)c2cc(N(c3ccccc3)c3ccccc3)c3c(c2)oc2ccccc23)cc1. The van der Waals surface area contributed by atoms with Crippen molar-refractivity contribution in [3.8, 4) is 0 Å². The van der Waals surface area contributed by atoms with Crippen molar-refractivity contribution in [3.05, 3.63) is 237 Å². The van der Waals surface area contributed by atoms with Crippen LogP contribution in [0.2, 0.25) is 0 Å². The third-order valence-corrected chi connectivity index (χ3v) is 12.6. The van der Waals surface area contributed by atoms with Crippen LogP contribution in [0.5, 0.6) is 0 Å². The van der Waals surface area contributed by atoms with Crippen LogP contribution in [-0.4, -0.2) is 0 Å². The fourth-order valence-corrected chi connectivity index (χ4v) is 9.67. The number of rotatable bonds is 9. The minimum absolute atomic E-state index is 0.784. The van der Waals surface area contributed by atoms with Crippen molar-refractivity contribution >= 4 is 117 Å². The molecule has 13 aromatic rings. The predicted octanol–water partition coefficient (Wildman–Crippen LogP) is 17.8. The van der Waals surface area contributed by atoms with Crippen LogP contribution in [0.4, 0.5) is 51.2 Å². The number of furan rings is 3. The van der Waals surface area contributed by atoms with Gasteiger partial charge in [-0.3, -0.25) is 0 Å². The van der Waals surface area contributed by atoms with E-state index in [1.807, 2.05) is 30.3 Å². The van der Waals surface area contributed by atoms with Gasteiger partial charge in [-0.05, 0) is 103 Å². The molecule has 0 saturated heterocycles. The Morgan fingerprint density at radius 1 is 0.227 bits per heavy atom. The molecule has 10 aromatic carbocycles. The van der Waals surface area contributed by atoms with Crippen LogP contribution in [-0.2, 0) is 0 Å². The van der Waals surface area contributed by atoms with Gasteiger partial charge in [-0.15, -0.1) is 0 Å². The predicted molar refractivity (Wildman–Crippen MR) is 272 cm³/mol. The van der Waals surface area contributed by atoms with E-state index < -0.39 is 0 Å². The Morgan fingerprint density at radius 3 is 1.36 bits per heavy atom. The van der Waals surface area contributed by atoms with Crippen molar-refractivity contribution in [1.82, 2.24) is 0 Å². The molecule has 0 atom stereocenters. The molecule has 0 amide bonds. The average Bonchev–Trinajstić information content (AvgIpc) is 4.07. The summed E-state index contributed by atoms with van der Waals surface area (Å²) in [5.41, 5.74) is 13.9. The molecule has 13 rings (SSSR count). The normalized spacial score (nSPS) is 11.6. The molecule has 6 heteroatoms. The molecule has 6 nitrogen and oxygen atoms in total. The molecule has 0 N–H and O–H groups in total.